The van der Waals surface area contributed by atoms with Gasteiger partial charge in [-0.1, -0.05) is 18.2 Å². The normalized spacial score (nSPS) is 11.5. The van der Waals surface area contributed by atoms with Gasteiger partial charge < -0.3 is 10.1 Å². The van der Waals surface area contributed by atoms with Gasteiger partial charge in [0.15, 0.2) is 11.8 Å². The lowest BCUT2D eigenvalue weighted by atomic mass is 10.3. The summed E-state index contributed by atoms with van der Waals surface area (Å²) >= 11 is 0. The van der Waals surface area contributed by atoms with Crippen molar-refractivity contribution in [3.05, 3.63) is 54.1 Å². The number of aryl methyl sites for hydroxylation is 1. The van der Waals surface area contributed by atoms with Crippen LogP contribution in [0, 0.1) is 6.92 Å². The van der Waals surface area contributed by atoms with E-state index < -0.39 is 18.0 Å². The Morgan fingerprint density at radius 2 is 1.86 bits per heavy atom. The fourth-order valence-electron chi connectivity index (χ4n) is 1.54. The van der Waals surface area contributed by atoms with E-state index in [1.54, 1.807) is 31.2 Å². The number of hydrogen-bond donors (Lipinski definition) is 1. The van der Waals surface area contributed by atoms with Gasteiger partial charge in [0.2, 0.25) is 0 Å². The van der Waals surface area contributed by atoms with Crippen molar-refractivity contribution in [1.29, 1.82) is 0 Å². The molecule has 0 aliphatic rings. The molecular formula is C15H15N3O3. The molecule has 0 bridgehead atoms. The maximum Gasteiger partial charge on any atom is 0.359 e. The number of ether oxygens (including phenoxy) is 1. The highest BCUT2D eigenvalue weighted by atomic mass is 16.5. The molecule has 0 spiro atoms. The van der Waals surface area contributed by atoms with Crippen LogP contribution in [0.2, 0.25) is 0 Å². The summed E-state index contributed by atoms with van der Waals surface area (Å²) in [4.78, 5) is 31.6. The Bertz CT molecular complexity index is 626. The lowest BCUT2D eigenvalue weighted by molar-refractivity contribution is -0.123. The van der Waals surface area contributed by atoms with E-state index in [4.69, 9.17) is 4.74 Å². The van der Waals surface area contributed by atoms with Crippen LogP contribution in [-0.2, 0) is 9.53 Å². The van der Waals surface area contributed by atoms with Crippen LogP contribution in [0.15, 0.2) is 42.7 Å². The van der Waals surface area contributed by atoms with E-state index >= 15 is 0 Å². The monoisotopic (exact) mass is 285 g/mol. The molecule has 0 saturated carbocycles. The first-order valence-corrected chi connectivity index (χ1v) is 6.42. The molecule has 0 radical (unpaired) electrons. The first kappa shape index (κ1) is 14.6. The number of nitrogens with one attached hydrogen (secondary N) is 1. The molecule has 2 rings (SSSR count). The lowest BCUT2D eigenvalue weighted by Crippen LogP contribution is -2.30. The van der Waals surface area contributed by atoms with Crippen molar-refractivity contribution in [1.82, 2.24) is 9.97 Å². The summed E-state index contributed by atoms with van der Waals surface area (Å²) in [5.41, 5.74) is 1.40. The number of aromatic nitrogens is 2. The largest absolute Gasteiger partial charge is 0.448 e. The van der Waals surface area contributed by atoms with E-state index in [0.29, 0.717) is 11.4 Å². The standard InChI is InChI=1S/C15H15N3O3/c1-10-8-17-13(9-16-10)15(20)21-11(2)14(19)18-12-6-4-3-5-7-12/h3-9,11H,1-2H3,(H,18,19)/t11-/m1/s1. The summed E-state index contributed by atoms with van der Waals surface area (Å²) in [6, 6.07) is 8.94. The Balaban J connectivity index is 1.94. The lowest BCUT2D eigenvalue weighted by Gasteiger charge is -2.13. The summed E-state index contributed by atoms with van der Waals surface area (Å²) in [5.74, 6) is -1.09. The zero-order chi connectivity index (χ0) is 15.2. The summed E-state index contributed by atoms with van der Waals surface area (Å²) in [5, 5.41) is 2.66. The van der Waals surface area contributed by atoms with Crippen LogP contribution in [-0.4, -0.2) is 27.9 Å². The molecule has 0 aliphatic heterocycles. The highest BCUT2D eigenvalue weighted by Gasteiger charge is 2.19. The quantitative estimate of drug-likeness (QED) is 0.868. The summed E-state index contributed by atoms with van der Waals surface area (Å²) in [6.45, 7) is 3.26. The van der Waals surface area contributed by atoms with Crippen molar-refractivity contribution in [3.63, 3.8) is 0 Å². The Morgan fingerprint density at radius 1 is 1.14 bits per heavy atom. The van der Waals surface area contributed by atoms with Crippen molar-refractivity contribution in [2.75, 3.05) is 5.32 Å². The number of anilines is 1. The van der Waals surface area contributed by atoms with Gasteiger partial charge in [0.25, 0.3) is 5.91 Å². The number of amides is 1. The van der Waals surface area contributed by atoms with Gasteiger partial charge in [-0.3, -0.25) is 9.78 Å². The fraction of sp³-hybridized carbons (Fsp3) is 0.200. The van der Waals surface area contributed by atoms with Crippen molar-refractivity contribution in [2.24, 2.45) is 0 Å². The molecule has 6 heteroatoms. The van der Waals surface area contributed by atoms with Crippen molar-refractivity contribution < 1.29 is 14.3 Å². The maximum atomic E-state index is 11.9. The SMILES string of the molecule is Cc1cnc(C(=O)O[C@H](C)C(=O)Nc2ccccc2)cn1. The topological polar surface area (TPSA) is 81.2 Å². The number of nitrogens with zero attached hydrogens (tertiary/aromatic N) is 2. The minimum atomic E-state index is -0.930. The van der Waals surface area contributed by atoms with E-state index in [0.717, 1.165) is 0 Å². The number of hydrogen-bond acceptors (Lipinski definition) is 5. The fourth-order valence-corrected chi connectivity index (χ4v) is 1.54. The number of benzene rings is 1. The smallest absolute Gasteiger partial charge is 0.359 e. The molecule has 0 unspecified atom stereocenters. The van der Waals surface area contributed by atoms with Crippen LogP contribution in [0.5, 0.6) is 0 Å². The van der Waals surface area contributed by atoms with Gasteiger partial charge in [-0.2, -0.15) is 0 Å². The Labute approximate surface area is 122 Å². The van der Waals surface area contributed by atoms with Crippen molar-refractivity contribution in [3.8, 4) is 0 Å². The van der Waals surface area contributed by atoms with Gasteiger partial charge in [-0.25, -0.2) is 9.78 Å². The first-order valence-electron chi connectivity index (χ1n) is 6.42. The second-order valence-corrected chi connectivity index (χ2v) is 4.45. The minimum Gasteiger partial charge on any atom is -0.448 e. The molecule has 1 atom stereocenters. The van der Waals surface area contributed by atoms with Gasteiger partial charge in [-0.15, -0.1) is 0 Å². The van der Waals surface area contributed by atoms with Crippen LogP contribution >= 0.6 is 0 Å². The van der Waals surface area contributed by atoms with Crippen LogP contribution < -0.4 is 5.32 Å². The molecule has 108 valence electrons. The molecule has 1 aromatic carbocycles. The summed E-state index contributed by atoms with van der Waals surface area (Å²) < 4.78 is 5.06. The predicted octanol–water partition coefficient (Wildman–Crippen LogP) is 1.97. The Hall–Kier alpha value is -2.76. The van der Waals surface area contributed by atoms with E-state index in [9.17, 15) is 9.59 Å². The van der Waals surface area contributed by atoms with E-state index in [1.165, 1.54) is 19.3 Å². The van der Waals surface area contributed by atoms with Gasteiger partial charge in [-0.05, 0) is 26.0 Å². The summed E-state index contributed by atoms with van der Waals surface area (Å²) in [7, 11) is 0. The van der Waals surface area contributed by atoms with Crippen molar-refractivity contribution in [2.45, 2.75) is 20.0 Å². The minimum absolute atomic E-state index is 0.0694. The zero-order valence-electron chi connectivity index (χ0n) is 11.7. The number of rotatable bonds is 4. The maximum absolute atomic E-state index is 11.9. The molecule has 1 amide bonds. The number of esters is 1. The molecule has 6 nitrogen and oxygen atoms in total. The number of para-hydroxylation sites is 1. The number of carbonyl (C=O) groups is 2. The van der Waals surface area contributed by atoms with Crippen molar-refractivity contribution >= 4 is 17.6 Å². The molecule has 1 heterocycles. The van der Waals surface area contributed by atoms with Gasteiger partial charge >= 0.3 is 5.97 Å². The predicted molar refractivity (Wildman–Crippen MR) is 76.7 cm³/mol. The van der Waals surface area contributed by atoms with Crippen LogP contribution in [0.4, 0.5) is 5.69 Å². The van der Waals surface area contributed by atoms with Gasteiger partial charge in [0, 0.05) is 11.9 Å². The third kappa shape index (κ3) is 4.10. The first-order chi connectivity index (χ1) is 10.1. The number of carbonyl (C=O) groups excluding carboxylic acids is 2. The van der Waals surface area contributed by atoms with E-state index in [2.05, 4.69) is 15.3 Å². The molecule has 1 N–H and O–H groups in total. The van der Waals surface area contributed by atoms with E-state index in [-0.39, 0.29) is 5.69 Å². The molecule has 0 fully saturated rings. The molecular weight excluding hydrogens is 270 g/mol. The Kier molecular flexibility index (Phi) is 4.61. The highest BCUT2D eigenvalue weighted by molar-refractivity contribution is 5.96. The third-order valence-electron chi connectivity index (χ3n) is 2.68. The average molecular weight is 285 g/mol. The highest BCUT2D eigenvalue weighted by Crippen LogP contribution is 2.07. The summed E-state index contributed by atoms with van der Waals surface area (Å²) in [6.07, 6.45) is 1.85. The molecule has 21 heavy (non-hydrogen) atoms. The second-order valence-electron chi connectivity index (χ2n) is 4.45. The van der Waals surface area contributed by atoms with Crippen LogP contribution in [0.25, 0.3) is 0 Å². The molecule has 0 saturated heterocycles. The van der Waals surface area contributed by atoms with E-state index in [1.807, 2.05) is 6.07 Å². The third-order valence-corrected chi connectivity index (χ3v) is 2.68. The second kappa shape index (κ2) is 6.60. The van der Waals surface area contributed by atoms with Gasteiger partial charge in [0.1, 0.15) is 0 Å². The van der Waals surface area contributed by atoms with Crippen LogP contribution in [0.3, 0.4) is 0 Å². The zero-order valence-corrected chi connectivity index (χ0v) is 11.7. The molecule has 2 aromatic rings. The average Bonchev–Trinajstić information content (AvgIpc) is 2.48. The Morgan fingerprint density at radius 3 is 2.48 bits per heavy atom. The molecule has 1 aromatic heterocycles. The van der Waals surface area contributed by atoms with Gasteiger partial charge in [0.05, 0.1) is 11.9 Å². The molecule has 0 aliphatic carbocycles. The van der Waals surface area contributed by atoms with Crippen LogP contribution in [0.1, 0.15) is 23.1 Å².